The van der Waals surface area contributed by atoms with Crippen LogP contribution in [0.3, 0.4) is 0 Å². The number of ether oxygens (including phenoxy) is 4. The van der Waals surface area contributed by atoms with Crippen molar-refractivity contribution in [3.05, 3.63) is 23.8 Å². The van der Waals surface area contributed by atoms with E-state index >= 15 is 0 Å². The maximum atomic E-state index is 12.7. The van der Waals surface area contributed by atoms with E-state index < -0.39 is 0 Å². The molecule has 5 aliphatic rings. The van der Waals surface area contributed by atoms with Gasteiger partial charge in [0, 0.05) is 19.0 Å². The smallest absolute Gasteiger partial charge is 0.310 e. The van der Waals surface area contributed by atoms with Gasteiger partial charge in [-0.25, -0.2) is 0 Å². The quantitative estimate of drug-likeness (QED) is 0.620. The van der Waals surface area contributed by atoms with Gasteiger partial charge in [-0.2, -0.15) is 0 Å². The molecule has 3 heterocycles. The Kier molecular flexibility index (Phi) is 3.95. The van der Waals surface area contributed by atoms with Crippen molar-refractivity contribution in [2.24, 2.45) is 23.2 Å². The summed E-state index contributed by atoms with van der Waals surface area (Å²) >= 11 is 0. The average molecular weight is 399 g/mol. The number of rotatable bonds is 4. The minimum atomic E-state index is -0.0590. The third-order valence-electron chi connectivity index (χ3n) is 8.21. The first kappa shape index (κ1) is 18.0. The molecule has 1 aromatic carbocycles. The number of hydrogen-bond donors (Lipinski definition) is 1. The van der Waals surface area contributed by atoms with E-state index in [0.717, 1.165) is 36.5 Å². The van der Waals surface area contributed by atoms with Crippen LogP contribution in [0.1, 0.15) is 44.6 Å². The fourth-order valence-corrected chi connectivity index (χ4v) is 6.61. The topological polar surface area (TPSA) is 69.3 Å². The van der Waals surface area contributed by atoms with E-state index in [-0.39, 0.29) is 35.8 Å². The zero-order valence-electron chi connectivity index (χ0n) is 16.9. The predicted molar refractivity (Wildman–Crippen MR) is 104 cm³/mol. The normalized spacial score (nSPS) is 41.8. The SMILES string of the molecule is C[C@]12CCC[C@@]3(CO3)[C@@H]1C[C@@H]1[C@@H](C2)OC(=O)[C@@H]1CNCc1ccc2c(c1)OCO2. The summed E-state index contributed by atoms with van der Waals surface area (Å²) < 4.78 is 22.7. The highest BCUT2D eigenvalue weighted by Gasteiger charge is 2.64. The summed E-state index contributed by atoms with van der Waals surface area (Å²) in [4.78, 5) is 12.7. The lowest BCUT2D eigenvalue weighted by Gasteiger charge is -2.51. The lowest BCUT2D eigenvalue weighted by molar-refractivity contribution is -0.147. The van der Waals surface area contributed by atoms with Crippen molar-refractivity contribution in [3.8, 4) is 11.5 Å². The summed E-state index contributed by atoms with van der Waals surface area (Å²) in [5.74, 6) is 2.38. The second-order valence-electron chi connectivity index (χ2n) is 9.92. The molecule has 1 N–H and O–H groups in total. The van der Waals surface area contributed by atoms with Crippen molar-refractivity contribution < 1.29 is 23.7 Å². The molecule has 2 aliphatic carbocycles. The molecule has 2 saturated heterocycles. The van der Waals surface area contributed by atoms with Crippen LogP contribution in [0.25, 0.3) is 0 Å². The van der Waals surface area contributed by atoms with Crippen LogP contribution < -0.4 is 14.8 Å². The second kappa shape index (κ2) is 6.35. The molecule has 4 fully saturated rings. The molecule has 29 heavy (non-hydrogen) atoms. The van der Waals surface area contributed by atoms with Crippen molar-refractivity contribution in [1.82, 2.24) is 5.32 Å². The number of nitrogens with one attached hydrogen (secondary N) is 1. The molecule has 2 saturated carbocycles. The maximum absolute atomic E-state index is 12.7. The molecule has 6 heteroatoms. The van der Waals surface area contributed by atoms with Gasteiger partial charge in [0.15, 0.2) is 11.5 Å². The number of fused-ring (bicyclic) bond motifs is 4. The Labute approximate surface area is 171 Å². The fourth-order valence-electron chi connectivity index (χ4n) is 6.61. The Morgan fingerprint density at radius 2 is 2.07 bits per heavy atom. The zero-order chi connectivity index (χ0) is 19.6. The summed E-state index contributed by atoms with van der Waals surface area (Å²) in [6.45, 7) is 4.95. The molecule has 0 amide bonds. The van der Waals surface area contributed by atoms with Crippen molar-refractivity contribution in [2.75, 3.05) is 19.9 Å². The Balaban J connectivity index is 1.13. The zero-order valence-corrected chi connectivity index (χ0v) is 16.9. The van der Waals surface area contributed by atoms with E-state index in [2.05, 4.69) is 12.2 Å². The Bertz CT molecular complexity index is 837. The van der Waals surface area contributed by atoms with E-state index in [1.807, 2.05) is 18.2 Å². The minimum absolute atomic E-state index is 0.0220. The summed E-state index contributed by atoms with van der Waals surface area (Å²) in [6, 6.07) is 5.99. The van der Waals surface area contributed by atoms with Gasteiger partial charge in [0.25, 0.3) is 0 Å². The lowest BCUT2D eigenvalue weighted by Crippen LogP contribution is -2.51. The van der Waals surface area contributed by atoms with Crippen LogP contribution >= 0.6 is 0 Å². The van der Waals surface area contributed by atoms with Gasteiger partial charge in [0.1, 0.15) is 6.10 Å². The monoisotopic (exact) mass is 399 g/mol. The fraction of sp³-hybridized carbons (Fsp3) is 0.696. The van der Waals surface area contributed by atoms with Crippen LogP contribution in [-0.4, -0.2) is 37.6 Å². The molecular weight excluding hydrogens is 370 g/mol. The molecule has 0 radical (unpaired) electrons. The molecule has 1 aromatic rings. The molecule has 6 nitrogen and oxygen atoms in total. The van der Waals surface area contributed by atoms with Gasteiger partial charge in [-0.3, -0.25) is 4.79 Å². The van der Waals surface area contributed by atoms with Crippen LogP contribution in [0, 0.1) is 23.2 Å². The highest BCUT2D eigenvalue weighted by molar-refractivity contribution is 5.75. The first-order valence-corrected chi connectivity index (χ1v) is 11.0. The van der Waals surface area contributed by atoms with Gasteiger partial charge in [0.2, 0.25) is 6.79 Å². The second-order valence-corrected chi connectivity index (χ2v) is 9.92. The molecule has 6 rings (SSSR count). The summed E-state index contributed by atoms with van der Waals surface area (Å²) in [5.41, 5.74) is 1.49. The number of carbonyl (C=O) groups is 1. The average Bonchev–Trinajstić information content (AvgIpc) is 3.18. The van der Waals surface area contributed by atoms with E-state index in [1.54, 1.807) is 0 Å². The third-order valence-corrected chi connectivity index (χ3v) is 8.21. The Morgan fingerprint density at radius 3 is 2.93 bits per heavy atom. The number of epoxide rings is 1. The molecule has 0 aromatic heterocycles. The predicted octanol–water partition coefficient (Wildman–Crippen LogP) is 3.03. The van der Waals surface area contributed by atoms with Crippen LogP contribution in [-0.2, 0) is 20.8 Å². The van der Waals surface area contributed by atoms with Gasteiger partial charge < -0.3 is 24.3 Å². The van der Waals surface area contributed by atoms with Gasteiger partial charge in [0.05, 0.1) is 18.1 Å². The summed E-state index contributed by atoms with van der Waals surface area (Å²) in [5, 5.41) is 3.49. The number of carbonyl (C=O) groups excluding carboxylic acids is 1. The van der Waals surface area contributed by atoms with E-state index in [4.69, 9.17) is 18.9 Å². The summed E-state index contributed by atoms with van der Waals surface area (Å²) in [7, 11) is 0. The first-order chi connectivity index (χ1) is 14.1. The van der Waals surface area contributed by atoms with Gasteiger partial charge in [-0.15, -0.1) is 0 Å². The maximum Gasteiger partial charge on any atom is 0.310 e. The molecule has 3 aliphatic heterocycles. The Hall–Kier alpha value is -1.79. The van der Waals surface area contributed by atoms with E-state index in [0.29, 0.717) is 24.9 Å². The molecule has 0 unspecified atom stereocenters. The first-order valence-electron chi connectivity index (χ1n) is 11.0. The van der Waals surface area contributed by atoms with Crippen LogP contribution in [0.4, 0.5) is 0 Å². The van der Waals surface area contributed by atoms with Gasteiger partial charge in [-0.1, -0.05) is 13.0 Å². The standard InChI is InChI=1S/C23H29NO5/c1-22-5-2-6-23(12-28-23)20(22)8-15-16(21(25)29-19(15)9-22)11-24-10-14-3-4-17-18(7-14)27-13-26-17/h3-4,7,15-16,19-20,24H,2,5-6,8-13H2,1H3/t15-,16+,19+,20+,22+,23+/m0/s1. The van der Waals surface area contributed by atoms with E-state index in [9.17, 15) is 4.79 Å². The van der Waals surface area contributed by atoms with Crippen molar-refractivity contribution in [3.63, 3.8) is 0 Å². The Morgan fingerprint density at radius 1 is 1.21 bits per heavy atom. The minimum Gasteiger partial charge on any atom is -0.462 e. The highest BCUT2D eigenvalue weighted by atomic mass is 16.7. The molecular formula is C23H29NO5. The van der Waals surface area contributed by atoms with E-state index in [1.165, 1.54) is 19.3 Å². The molecule has 6 atom stereocenters. The number of benzene rings is 1. The van der Waals surface area contributed by atoms with Crippen molar-refractivity contribution in [1.29, 1.82) is 0 Å². The number of hydrogen-bond acceptors (Lipinski definition) is 6. The van der Waals surface area contributed by atoms with Gasteiger partial charge in [-0.05, 0) is 61.1 Å². The molecule has 156 valence electrons. The highest BCUT2D eigenvalue weighted by Crippen LogP contribution is 2.62. The van der Waals surface area contributed by atoms with Crippen molar-refractivity contribution >= 4 is 5.97 Å². The summed E-state index contributed by atoms with van der Waals surface area (Å²) in [6.07, 6.45) is 5.79. The lowest BCUT2D eigenvalue weighted by atomic mass is 9.53. The molecule has 0 bridgehead atoms. The third kappa shape index (κ3) is 2.87. The van der Waals surface area contributed by atoms with Crippen LogP contribution in [0.15, 0.2) is 18.2 Å². The van der Waals surface area contributed by atoms with Crippen LogP contribution in [0.2, 0.25) is 0 Å². The largest absolute Gasteiger partial charge is 0.462 e. The van der Waals surface area contributed by atoms with Gasteiger partial charge >= 0.3 is 5.97 Å². The number of esters is 1. The molecule has 1 spiro atoms. The van der Waals surface area contributed by atoms with Crippen molar-refractivity contribution in [2.45, 2.75) is 57.3 Å². The van der Waals surface area contributed by atoms with Crippen LogP contribution in [0.5, 0.6) is 11.5 Å².